The van der Waals surface area contributed by atoms with Gasteiger partial charge in [-0.25, -0.2) is 4.79 Å². The molecule has 0 radical (unpaired) electrons. The van der Waals surface area contributed by atoms with E-state index in [9.17, 15) is 24.3 Å². The lowest BCUT2D eigenvalue weighted by atomic mass is 10.1. The molecule has 0 bridgehead atoms. The molecule has 0 aliphatic heterocycles. The molecule has 0 spiro atoms. The van der Waals surface area contributed by atoms with Crippen molar-refractivity contribution in [3.05, 3.63) is 22.5 Å². The molecule has 0 aliphatic rings. The zero-order valence-electron chi connectivity index (χ0n) is 14.5. The fraction of sp³-hybridized carbons (Fsp3) is 0.500. The Labute approximate surface area is 140 Å². The zero-order valence-corrected chi connectivity index (χ0v) is 14.5. The summed E-state index contributed by atoms with van der Waals surface area (Å²) < 4.78 is 0. The lowest BCUT2D eigenvalue weighted by Gasteiger charge is -2.26. The number of carbonyl (C=O) groups excluding carboxylic acids is 3. The predicted molar refractivity (Wildman–Crippen MR) is 87.1 cm³/mol. The molecule has 0 aromatic carbocycles. The van der Waals surface area contributed by atoms with Crippen LogP contribution in [0, 0.1) is 13.8 Å². The smallest absolute Gasteiger partial charge is 0.326 e. The second-order valence-corrected chi connectivity index (χ2v) is 5.68. The number of hydrogen-bond acceptors (Lipinski definition) is 4. The van der Waals surface area contributed by atoms with E-state index in [-0.39, 0.29) is 30.5 Å². The van der Waals surface area contributed by atoms with Crippen molar-refractivity contribution < 1.29 is 24.3 Å². The van der Waals surface area contributed by atoms with Gasteiger partial charge >= 0.3 is 5.97 Å². The first-order valence-corrected chi connectivity index (χ1v) is 7.56. The monoisotopic (exact) mass is 337 g/mol. The number of carboxylic acids is 1. The number of nitrogens with zero attached hydrogens (tertiary/aromatic N) is 1. The van der Waals surface area contributed by atoms with E-state index < -0.39 is 17.9 Å². The molecule has 132 valence electrons. The number of nitrogens with one attached hydrogen (secondary N) is 2. The van der Waals surface area contributed by atoms with E-state index in [0.29, 0.717) is 16.8 Å². The number of Topliss-reactive ketones (excluding diaryl/α,β-unsaturated/α-hetero) is 1. The maximum Gasteiger partial charge on any atom is 0.326 e. The Hall–Kier alpha value is -2.64. The van der Waals surface area contributed by atoms with E-state index in [1.54, 1.807) is 13.8 Å². The molecule has 1 aromatic heterocycles. The second-order valence-electron chi connectivity index (χ2n) is 5.68. The Morgan fingerprint density at radius 3 is 2.21 bits per heavy atom. The normalized spacial score (nSPS) is 11.7. The van der Waals surface area contributed by atoms with Crippen molar-refractivity contribution in [2.75, 3.05) is 13.1 Å². The van der Waals surface area contributed by atoms with Gasteiger partial charge in [0.05, 0.1) is 0 Å². The predicted octanol–water partition coefficient (Wildman–Crippen LogP) is 0.886. The lowest BCUT2D eigenvalue weighted by molar-refractivity contribution is -0.141. The van der Waals surface area contributed by atoms with Gasteiger partial charge in [-0.1, -0.05) is 0 Å². The third-order valence-corrected chi connectivity index (χ3v) is 3.82. The molecule has 0 aliphatic carbocycles. The summed E-state index contributed by atoms with van der Waals surface area (Å²) in [7, 11) is 0. The number of aliphatic carboxylic acids is 1. The molecule has 8 nitrogen and oxygen atoms in total. The molecule has 0 saturated carbocycles. The molecule has 8 heteroatoms. The standard InChI is InChI=1S/C16H23N3O5/c1-8-13(11(4)20)9(2)18-14(8)15(22)19(10(3)16(23)24)7-6-17-12(5)21/h10,18H,6-7H2,1-5H3,(H,17,21)(H,23,24). The molecule has 1 atom stereocenters. The van der Waals surface area contributed by atoms with Crippen LogP contribution in [0.5, 0.6) is 0 Å². The van der Waals surface area contributed by atoms with Gasteiger partial charge in [0.1, 0.15) is 11.7 Å². The first kappa shape index (κ1) is 19.4. The van der Waals surface area contributed by atoms with E-state index >= 15 is 0 Å². The number of rotatable bonds is 7. The van der Waals surface area contributed by atoms with Gasteiger partial charge in [0, 0.05) is 31.3 Å². The Kier molecular flexibility index (Phi) is 6.27. The number of carbonyl (C=O) groups is 4. The quantitative estimate of drug-likeness (QED) is 0.638. The van der Waals surface area contributed by atoms with Gasteiger partial charge in [0.15, 0.2) is 5.78 Å². The fourth-order valence-corrected chi connectivity index (χ4v) is 2.59. The minimum Gasteiger partial charge on any atom is -0.480 e. The van der Waals surface area contributed by atoms with Crippen molar-refractivity contribution in [2.45, 2.75) is 40.7 Å². The minimum absolute atomic E-state index is 0.0405. The van der Waals surface area contributed by atoms with E-state index in [0.717, 1.165) is 4.90 Å². The highest BCUT2D eigenvalue weighted by Crippen LogP contribution is 2.20. The lowest BCUT2D eigenvalue weighted by Crippen LogP contribution is -2.47. The highest BCUT2D eigenvalue weighted by Gasteiger charge is 2.29. The summed E-state index contributed by atoms with van der Waals surface area (Å²) in [6.07, 6.45) is 0. The molecule has 0 fully saturated rings. The van der Waals surface area contributed by atoms with Crippen LogP contribution in [0.25, 0.3) is 0 Å². The molecule has 24 heavy (non-hydrogen) atoms. The summed E-state index contributed by atoms with van der Waals surface area (Å²) >= 11 is 0. The van der Waals surface area contributed by atoms with Crippen LogP contribution >= 0.6 is 0 Å². The Morgan fingerprint density at radius 2 is 1.79 bits per heavy atom. The topological polar surface area (TPSA) is 120 Å². The summed E-state index contributed by atoms with van der Waals surface area (Å²) in [5, 5.41) is 11.8. The number of aromatic nitrogens is 1. The largest absolute Gasteiger partial charge is 0.480 e. The summed E-state index contributed by atoms with van der Waals surface area (Å²) in [5.41, 5.74) is 1.68. The molecular formula is C16H23N3O5. The third kappa shape index (κ3) is 4.21. The SMILES string of the molecule is CC(=O)NCCN(C(=O)c1[nH]c(C)c(C(C)=O)c1C)C(C)C(=O)O. The highest BCUT2D eigenvalue weighted by atomic mass is 16.4. The molecule has 1 unspecified atom stereocenters. The first-order valence-electron chi connectivity index (χ1n) is 7.56. The van der Waals surface area contributed by atoms with Crippen LogP contribution in [0.2, 0.25) is 0 Å². The van der Waals surface area contributed by atoms with Crippen LogP contribution in [0.3, 0.4) is 0 Å². The van der Waals surface area contributed by atoms with Crippen LogP contribution in [0.1, 0.15) is 52.9 Å². The molecule has 3 N–H and O–H groups in total. The average Bonchev–Trinajstić information content (AvgIpc) is 2.76. The van der Waals surface area contributed by atoms with Gasteiger partial charge < -0.3 is 20.3 Å². The van der Waals surface area contributed by atoms with Crippen LogP contribution < -0.4 is 5.32 Å². The van der Waals surface area contributed by atoms with Gasteiger partial charge in [0.2, 0.25) is 5.91 Å². The Morgan fingerprint density at radius 1 is 1.21 bits per heavy atom. The van der Waals surface area contributed by atoms with E-state index in [2.05, 4.69) is 10.3 Å². The van der Waals surface area contributed by atoms with Gasteiger partial charge in [0.25, 0.3) is 5.91 Å². The van der Waals surface area contributed by atoms with Gasteiger partial charge in [-0.3, -0.25) is 14.4 Å². The first-order chi connectivity index (χ1) is 11.1. The van der Waals surface area contributed by atoms with E-state index in [4.69, 9.17) is 0 Å². The number of hydrogen-bond donors (Lipinski definition) is 3. The van der Waals surface area contributed by atoms with E-state index in [1.807, 2.05) is 0 Å². The van der Waals surface area contributed by atoms with Crippen molar-refractivity contribution in [1.82, 2.24) is 15.2 Å². The highest BCUT2D eigenvalue weighted by molar-refractivity contribution is 6.03. The molecule has 0 saturated heterocycles. The maximum absolute atomic E-state index is 12.8. The third-order valence-electron chi connectivity index (χ3n) is 3.82. The molecule has 1 rings (SSSR count). The second kappa shape index (κ2) is 7.76. The molecule has 1 heterocycles. The number of aryl methyl sites for hydroxylation is 1. The molecular weight excluding hydrogens is 314 g/mol. The average molecular weight is 337 g/mol. The van der Waals surface area contributed by atoms with Crippen LogP contribution in [0.4, 0.5) is 0 Å². The molecule has 1 aromatic rings. The molecule has 2 amide bonds. The minimum atomic E-state index is -1.15. The fourth-order valence-electron chi connectivity index (χ4n) is 2.59. The van der Waals surface area contributed by atoms with Crippen LogP contribution in [-0.2, 0) is 9.59 Å². The van der Waals surface area contributed by atoms with E-state index in [1.165, 1.54) is 20.8 Å². The van der Waals surface area contributed by atoms with Gasteiger partial charge in [-0.05, 0) is 33.3 Å². The Balaban J connectivity index is 3.16. The van der Waals surface area contributed by atoms with Gasteiger partial charge in [-0.2, -0.15) is 0 Å². The summed E-state index contributed by atoms with van der Waals surface area (Å²) in [5.74, 6) is -2.12. The summed E-state index contributed by atoms with van der Waals surface area (Å²) in [6.45, 7) is 7.64. The van der Waals surface area contributed by atoms with Crippen molar-refractivity contribution in [3.8, 4) is 0 Å². The van der Waals surface area contributed by atoms with Gasteiger partial charge in [-0.15, -0.1) is 0 Å². The van der Waals surface area contributed by atoms with Crippen molar-refractivity contribution in [2.24, 2.45) is 0 Å². The Bertz CT molecular complexity index is 677. The number of aromatic amines is 1. The maximum atomic E-state index is 12.8. The zero-order chi connectivity index (χ0) is 18.6. The number of H-pyrrole nitrogens is 1. The van der Waals surface area contributed by atoms with Crippen LogP contribution in [-0.4, -0.2) is 57.7 Å². The number of ketones is 1. The summed E-state index contributed by atoms with van der Waals surface area (Å²) in [4.78, 5) is 50.8. The summed E-state index contributed by atoms with van der Waals surface area (Å²) in [6, 6.07) is -1.07. The van der Waals surface area contributed by atoms with Crippen molar-refractivity contribution in [3.63, 3.8) is 0 Å². The van der Waals surface area contributed by atoms with Crippen molar-refractivity contribution in [1.29, 1.82) is 0 Å². The van der Waals surface area contributed by atoms with Crippen molar-refractivity contribution >= 4 is 23.6 Å². The number of carboxylic acid groups (broad SMARTS) is 1. The number of amides is 2. The van der Waals surface area contributed by atoms with Crippen LogP contribution in [0.15, 0.2) is 0 Å².